The molecular weight excluding hydrogens is 336 g/mol. The van der Waals surface area contributed by atoms with E-state index in [0.29, 0.717) is 35.6 Å². The smallest absolute Gasteiger partial charge is 0.223 e. The van der Waals surface area contributed by atoms with Crippen LogP contribution in [0.1, 0.15) is 30.3 Å². The fourth-order valence-corrected chi connectivity index (χ4v) is 3.28. The Kier molecular flexibility index (Phi) is 5.02. The normalized spacial score (nSPS) is 17.5. The molecule has 0 bridgehead atoms. The Hall–Kier alpha value is -1.80. The van der Waals surface area contributed by atoms with Gasteiger partial charge in [0.1, 0.15) is 17.2 Å². The minimum Gasteiger partial charge on any atom is -0.342 e. The summed E-state index contributed by atoms with van der Waals surface area (Å²) in [5.74, 6) is 2.10. The van der Waals surface area contributed by atoms with Crippen molar-refractivity contribution in [3.05, 3.63) is 23.1 Å². The molecule has 1 saturated heterocycles. The third-order valence-corrected chi connectivity index (χ3v) is 4.52. The second-order valence-electron chi connectivity index (χ2n) is 5.36. The second-order valence-corrected chi connectivity index (χ2v) is 6.57. The molecular formula is C14H17ClN6OS. The highest BCUT2D eigenvalue weighted by Gasteiger charge is 2.28. The summed E-state index contributed by atoms with van der Waals surface area (Å²) in [6, 6.07) is 1.93. The molecule has 7 nitrogen and oxygen atoms in total. The zero-order valence-corrected chi connectivity index (χ0v) is 14.3. The summed E-state index contributed by atoms with van der Waals surface area (Å²) in [6.45, 7) is 3.30. The molecule has 23 heavy (non-hydrogen) atoms. The number of anilines is 2. The van der Waals surface area contributed by atoms with Crippen LogP contribution in [0.25, 0.3) is 0 Å². The Morgan fingerprint density at radius 3 is 3.13 bits per heavy atom. The SMILES string of the molecule is Cc1nc(Nc2nncs2)cc(C2CCN(C(=O)CCCl)C2)n1. The molecule has 1 amide bonds. The molecule has 1 unspecified atom stereocenters. The second kappa shape index (κ2) is 7.18. The first-order chi connectivity index (χ1) is 11.2. The third-order valence-electron chi connectivity index (χ3n) is 3.72. The van der Waals surface area contributed by atoms with Crippen LogP contribution in [0.4, 0.5) is 10.9 Å². The van der Waals surface area contributed by atoms with Gasteiger partial charge >= 0.3 is 0 Å². The lowest BCUT2D eigenvalue weighted by Crippen LogP contribution is -2.28. The van der Waals surface area contributed by atoms with Crippen LogP contribution in [-0.2, 0) is 4.79 Å². The van der Waals surface area contributed by atoms with E-state index in [-0.39, 0.29) is 11.8 Å². The first kappa shape index (κ1) is 16.1. The van der Waals surface area contributed by atoms with Crippen molar-refractivity contribution in [1.82, 2.24) is 25.1 Å². The molecule has 2 aromatic rings. The fourth-order valence-electron chi connectivity index (χ4n) is 2.67. The maximum absolute atomic E-state index is 12.0. The van der Waals surface area contributed by atoms with Gasteiger partial charge in [-0.1, -0.05) is 11.3 Å². The Balaban J connectivity index is 1.73. The van der Waals surface area contributed by atoms with Crippen LogP contribution in [0.3, 0.4) is 0 Å². The van der Waals surface area contributed by atoms with Crippen molar-refractivity contribution >= 4 is 39.8 Å². The molecule has 0 radical (unpaired) electrons. The molecule has 3 rings (SSSR count). The van der Waals surface area contributed by atoms with Gasteiger partial charge in [-0.05, 0) is 13.3 Å². The molecule has 2 aromatic heterocycles. The lowest BCUT2D eigenvalue weighted by atomic mass is 10.0. The highest BCUT2D eigenvalue weighted by atomic mass is 35.5. The van der Waals surface area contributed by atoms with Crippen molar-refractivity contribution in [3.63, 3.8) is 0 Å². The number of rotatable bonds is 5. The fraction of sp³-hybridized carbons (Fsp3) is 0.500. The lowest BCUT2D eigenvalue weighted by molar-refractivity contribution is -0.129. The van der Waals surface area contributed by atoms with Crippen LogP contribution >= 0.6 is 22.9 Å². The number of nitrogens with zero attached hydrogens (tertiary/aromatic N) is 5. The number of hydrogen-bond acceptors (Lipinski definition) is 7. The van der Waals surface area contributed by atoms with Gasteiger partial charge in [0.2, 0.25) is 11.0 Å². The topological polar surface area (TPSA) is 83.9 Å². The minimum atomic E-state index is 0.112. The molecule has 0 spiro atoms. The van der Waals surface area contributed by atoms with Crippen LogP contribution in [0.2, 0.25) is 0 Å². The number of carbonyl (C=O) groups excluding carboxylic acids is 1. The highest BCUT2D eigenvalue weighted by molar-refractivity contribution is 7.13. The molecule has 1 atom stereocenters. The first-order valence-corrected chi connectivity index (χ1v) is 8.79. The number of carbonyl (C=O) groups is 1. The summed E-state index contributed by atoms with van der Waals surface area (Å²) in [5, 5.41) is 11.6. The number of amides is 1. The summed E-state index contributed by atoms with van der Waals surface area (Å²) in [6.07, 6.45) is 1.30. The predicted octanol–water partition coefficient (Wildman–Crippen LogP) is 2.32. The number of hydrogen-bond donors (Lipinski definition) is 1. The number of aryl methyl sites for hydroxylation is 1. The monoisotopic (exact) mass is 352 g/mol. The quantitative estimate of drug-likeness (QED) is 0.831. The molecule has 1 N–H and O–H groups in total. The van der Waals surface area contributed by atoms with Gasteiger partial charge < -0.3 is 10.2 Å². The van der Waals surface area contributed by atoms with Gasteiger partial charge in [0.15, 0.2) is 0 Å². The number of likely N-dealkylation sites (tertiary alicyclic amines) is 1. The Morgan fingerprint density at radius 2 is 2.39 bits per heavy atom. The van der Waals surface area contributed by atoms with Crippen molar-refractivity contribution in [2.75, 3.05) is 24.3 Å². The summed E-state index contributed by atoms with van der Waals surface area (Å²) < 4.78 is 0. The average molecular weight is 353 g/mol. The van der Waals surface area contributed by atoms with Crippen LogP contribution in [0, 0.1) is 6.92 Å². The molecule has 0 saturated carbocycles. The number of aromatic nitrogens is 4. The van der Waals surface area contributed by atoms with E-state index < -0.39 is 0 Å². The van der Waals surface area contributed by atoms with E-state index in [9.17, 15) is 4.79 Å². The van der Waals surface area contributed by atoms with Crippen molar-refractivity contribution in [2.24, 2.45) is 0 Å². The number of nitrogens with one attached hydrogen (secondary N) is 1. The maximum atomic E-state index is 12.0. The Labute approximate surface area is 143 Å². The van der Waals surface area contributed by atoms with E-state index in [1.807, 2.05) is 17.9 Å². The van der Waals surface area contributed by atoms with Crippen LogP contribution in [-0.4, -0.2) is 49.9 Å². The van der Waals surface area contributed by atoms with E-state index in [2.05, 4.69) is 25.5 Å². The number of alkyl halides is 1. The van der Waals surface area contributed by atoms with Gasteiger partial charge in [-0.15, -0.1) is 21.8 Å². The summed E-state index contributed by atoms with van der Waals surface area (Å²) >= 11 is 7.06. The van der Waals surface area contributed by atoms with Crippen LogP contribution < -0.4 is 5.32 Å². The Morgan fingerprint density at radius 1 is 1.52 bits per heavy atom. The molecule has 9 heteroatoms. The average Bonchev–Trinajstić information content (AvgIpc) is 3.18. The van der Waals surface area contributed by atoms with Gasteiger partial charge in [-0.25, -0.2) is 9.97 Å². The first-order valence-electron chi connectivity index (χ1n) is 7.38. The van der Waals surface area contributed by atoms with Gasteiger partial charge in [0.05, 0.1) is 5.69 Å². The summed E-state index contributed by atoms with van der Waals surface area (Å²) in [5.41, 5.74) is 2.61. The summed E-state index contributed by atoms with van der Waals surface area (Å²) in [4.78, 5) is 22.7. The zero-order chi connectivity index (χ0) is 16.2. The van der Waals surface area contributed by atoms with Crippen molar-refractivity contribution in [3.8, 4) is 0 Å². The van der Waals surface area contributed by atoms with Crippen molar-refractivity contribution in [1.29, 1.82) is 0 Å². The molecule has 3 heterocycles. The van der Waals surface area contributed by atoms with E-state index >= 15 is 0 Å². The molecule has 0 aliphatic carbocycles. The van der Waals surface area contributed by atoms with Crippen LogP contribution in [0.15, 0.2) is 11.6 Å². The van der Waals surface area contributed by atoms with E-state index in [1.165, 1.54) is 11.3 Å². The van der Waals surface area contributed by atoms with Gasteiger partial charge in [0.25, 0.3) is 0 Å². The minimum absolute atomic E-state index is 0.112. The number of halogens is 1. The predicted molar refractivity (Wildman–Crippen MR) is 89.2 cm³/mol. The lowest BCUT2D eigenvalue weighted by Gasteiger charge is -2.16. The third kappa shape index (κ3) is 3.94. The van der Waals surface area contributed by atoms with Gasteiger partial charge in [-0.2, -0.15) is 0 Å². The Bertz CT molecular complexity index is 680. The van der Waals surface area contributed by atoms with Crippen LogP contribution in [0.5, 0.6) is 0 Å². The zero-order valence-electron chi connectivity index (χ0n) is 12.7. The molecule has 122 valence electrons. The van der Waals surface area contributed by atoms with Crippen molar-refractivity contribution < 1.29 is 4.79 Å². The highest BCUT2D eigenvalue weighted by Crippen LogP contribution is 2.28. The largest absolute Gasteiger partial charge is 0.342 e. The van der Waals surface area contributed by atoms with E-state index in [4.69, 9.17) is 11.6 Å². The van der Waals surface area contributed by atoms with E-state index in [1.54, 1.807) is 5.51 Å². The van der Waals surface area contributed by atoms with Gasteiger partial charge in [-0.3, -0.25) is 4.79 Å². The van der Waals surface area contributed by atoms with Gasteiger partial charge in [0, 0.05) is 37.4 Å². The molecule has 1 aliphatic heterocycles. The molecule has 0 aromatic carbocycles. The maximum Gasteiger partial charge on any atom is 0.223 e. The standard InChI is InChI=1S/C14H17ClN6OS/c1-9-17-11(6-12(18-9)19-14-20-16-8-23-14)10-3-5-21(7-10)13(22)2-4-15/h6,8,10H,2-5,7H2,1H3,(H,17,18,19,20). The molecule has 1 aliphatic rings. The van der Waals surface area contributed by atoms with E-state index in [0.717, 1.165) is 18.7 Å². The summed E-state index contributed by atoms with van der Waals surface area (Å²) in [7, 11) is 0. The van der Waals surface area contributed by atoms with Crippen molar-refractivity contribution in [2.45, 2.75) is 25.7 Å². The molecule has 1 fully saturated rings.